The minimum absolute atomic E-state index is 0.172. The van der Waals surface area contributed by atoms with Crippen LogP contribution in [0.2, 0.25) is 0 Å². The molecule has 0 radical (unpaired) electrons. The van der Waals surface area contributed by atoms with E-state index in [2.05, 4.69) is 50.9 Å². The zero-order valence-electron chi connectivity index (χ0n) is 16.4. The van der Waals surface area contributed by atoms with E-state index in [0.29, 0.717) is 6.54 Å². The van der Waals surface area contributed by atoms with Gasteiger partial charge in [-0.3, -0.25) is 9.80 Å². The molecule has 1 aromatic heterocycles. The Morgan fingerprint density at radius 1 is 1.23 bits per heavy atom. The highest BCUT2D eigenvalue weighted by Gasteiger charge is 2.22. The van der Waals surface area contributed by atoms with Gasteiger partial charge in [0.25, 0.3) is 0 Å². The van der Waals surface area contributed by atoms with Crippen molar-refractivity contribution in [3.05, 3.63) is 5.82 Å². The summed E-state index contributed by atoms with van der Waals surface area (Å²) in [4.78, 5) is 4.66. The molecule has 1 aliphatic rings. The first kappa shape index (κ1) is 21.6. The molecule has 2 rings (SSSR count). The first-order valence-corrected chi connectivity index (χ1v) is 10.5. The van der Waals surface area contributed by atoms with Gasteiger partial charge in [0.15, 0.2) is 11.0 Å². The molecule has 9 heteroatoms. The summed E-state index contributed by atoms with van der Waals surface area (Å²) in [5, 5.41) is 22.1. The van der Waals surface area contributed by atoms with E-state index in [1.165, 1.54) is 0 Å². The van der Waals surface area contributed by atoms with Crippen molar-refractivity contribution >= 4 is 11.8 Å². The van der Waals surface area contributed by atoms with Crippen LogP contribution in [0.1, 0.15) is 25.2 Å². The summed E-state index contributed by atoms with van der Waals surface area (Å²) >= 11 is 1.73. The quantitative estimate of drug-likeness (QED) is 0.392. The second-order valence-electron chi connectivity index (χ2n) is 6.66. The molecular weight excluding hydrogens is 352 g/mol. The topological polar surface area (TPSA) is 78.7 Å². The van der Waals surface area contributed by atoms with Gasteiger partial charge in [-0.05, 0) is 20.5 Å². The highest BCUT2D eigenvalue weighted by molar-refractivity contribution is 7.99. The van der Waals surface area contributed by atoms with Crippen LogP contribution in [0.4, 0.5) is 0 Å². The molecule has 0 spiro atoms. The van der Waals surface area contributed by atoms with E-state index in [-0.39, 0.29) is 12.6 Å². The number of morpholine rings is 1. The second-order valence-corrected chi connectivity index (χ2v) is 7.72. The average molecular weight is 387 g/mol. The highest BCUT2D eigenvalue weighted by Crippen LogP contribution is 2.25. The van der Waals surface area contributed by atoms with Gasteiger partial charge in [-0.2, -0.15) is 0 Å². The Morgan fingerprint density at radius 3 is 2.65 bits per heavy atom. The molecule has 1 fully saturated rings. The molecule has 2 N–H and O–H groups in total. The third kappa shape index (κ3) is 6.47. The molecule has 1 aromatic rings. The molecule has 1 atom stereocenters. The Kier molecular flexibility index (Phi) is 9.87. The van der Waals surface area contributed by atoms with Crippen LogP contribution in [0.15, 0.2) is 5.16 Å². The van der Waals surface area contributed by atoms with Crippen LogP contribution in [0.3, 0.4) is 0 Å². The van der Waals surface area contributed by atoms with Gasteiger partial charge >= 0.3 is 0 Å². The summed E-state index contributed by atoms with van der Waals surface area (Å²) in [7, 11) is 4.20. The maximum atomic E-state index is 8.85. The van der Waals surface area contributed by atoms with Crippen molar-refractivity contribution in [3.63, 3.8) is 0 Å². The van der Waals surface area contributed by atoms with Crippen LogP contribution in [0.25, 0.3) is 0 Å². The van der Waals surface area contributed by atoms with Gasteiger partial charge in [-0.1, -0.05) is 18.7 Å². The SMILES string of the molecule is CC[C@H](c1nnc(SCCNCCO)n1CCN1CCOCC1)N(C)C. The lowest BCUT2D eigenvalue weighted by molar-refractivity contribution is 0.0358. The number of aliphatic hydroxyl groups is 1. The van der Waals surface area contributed by atoms with Crippen LogP contribution >= 0.6 is 11.8 Å². The maximum absolute atomic E-state index is 8.85. The van der Waals surface area contributed by atoms with Gasteiger partial charge in [0.2, 0.25) is 0 Å². The minimum Gasteiger partial charge on any atom is -0.395 e. The molecule has 8 nitrogen and oxygen atoms in total. The third-order valence-corrected chi connectivity index (χ3v) is 5.56. The Labute approximate surface area is 161 Å². The second kappa shape index (κ2) is 11.9. The molecule has 0 bridgehead atoms. The fourth-order valence-electron chi connectivity index (χ4n) is 3.13. The van der Waals surface area contributed by atoms with Crippen molar-refractivity contribution in [1.82, 2.24) is 29.9 Å². The smallest absolute Gasteiger partial charge is 0.191 e. The molecule has 2 heterocycles. The standard InChI is InChI=1S/C17H34N6O2S/c1-4-15(21(2)3)16-19-20-17(26-14-6-18-5-11-24)23(16)8-7-22-9-12-25-13-10-22/h15,18,24H,4-14H2,1-3H3/t15-/m1/s1. The molecule has 26 heavy (non-hydrogen) atoms. The lowest BCUT2D eigenvalue weighted by Crippen LogP contribution is -2.38. The molecule has 1 saturated heterocycles. The molecule has 1 aliphatic heterocycles. The average Bonchev–Trinajstić information content (AvgIpc) is 3.03. The van der Waals surface area contributed by atoms with Crippen LogP contribution in [0, 0.1) is 0 Å². The summed E-state index contributed by atoms with van der Waals surface area (Å²) < 4.78 is 7.74. The predicted molar refractivity (Wildman–Crippen MR) is 105 cm³/mol. The number of nitrogens with zero attached hydrogens (tertiary/aromatic N) is 5. The van der Waals surface area contributed by atoms with Crippen LogP contribution in [0.5, 0.6) is 0 Å². The number of hydrogen-bond donors (Lipinski definition) is 2. The molecule has 0 aromatic carbocycles. The molecule has 0 aliphatic carbocycles. The summed E-state index contributed by atoms with van der Waals surface area (Å²) in [6, 6.07) is 0.272. The van der Waals surface area contributed by atoms with Gasteiger partial charge < -0.3 is 19.7 Å². The summed E-state index contributed by atoms with van der Waals surface area (Å²) in [6.07, 6.45) is 1.01. The number of hydrogen-bond acceptors (Lipinski definition) is 8. The molecule has 0 unspecified atom stereocenters. The lowest BCUT2D eigenvalue weighted by Gasteiger charge is -2.28. The van der Waals surface area contributed by atoms with E-state index in [1.54, 1.807) is 11.8 Å². The van der Waals surface area contributed by atoms with E-state index in [0.717, 1.165) is 69.1 Å². The van der Waals surface area contributed by atoms with Crippen LogP contribution in [-0.4, -0.2) is 102 Å². The lowest BCUT2D eigenvalue weighted by atomic mass is 10.2. The molecule has 0 amide bonds. The Balaban J connectivity index is 2.03. The van der Waals surface area contributed by atoms with Gasteiger partial charge in [-0.15, -0.1) is 10.2 Å². The van der Waals surface area contributed by atoms with Crippen molar-refractivity contribution < 1.29 is 9.84 Å². The molecular formula is C17H34N6O2S. The number of rotatable bonds is 12. The van der Waals surface area contributed by atoms with Crippen molar-refractivity contribution in [2.45, 2.75) is 31.1 Å². The summed E-state index contributed by atoms with van der Waals surface area (Å²) in [5.74, 6) is 1.96. The van der Waals surface area contributed by atoms with Crippen molar-refractivity contribution in [1.29, 1.82) is 0 Å². The summed E-state index contributed by atoms with van der Waals surface area (Å²) in [6.45, 7) is 9.38. The van der Waals surface area contributed by atoms with E-state index >= 15 is 0 Å². The molecule has 0 saturated carbocycles. The first-order chi connectivity index (χ1) is 12.7. The number of thioether (sulfide) groups is 1. The van der Waals surface area contributed by atoms with E-state index < -0.39 is 0 Å². The minimum atomic E-state index is 0.172. The zero-order chi connectivity index (χ0) is 18.8. The number of aromatic nitrogens is 3. The van der Waals surface area contributed by atoms with E-state index in [4.69, 9.17) is 9.84 Å². The first-order valence-electron chi connectivity index (χ1n) is 9.51. The Hall–Kier alpha value is -0.710. The fraction of sp³-hybridized carbons (Fsp3) is 0.882. The fourth-order valence-corrected chi connectivity index (χ4v) is 4.00. The molecule has 150 valence electrons. The van der Waals surface area contributed by atoms with Gasteiger partial charge in [0, 0.05) is 45.0 Å². The highest BCUT2D eigenvalue weighted by atomic mass is 32.2. The predicted octanol–water partition coefficient (Wildman–Crippen LogP) is 0.297. The van der Waals surface area contributed by atoms with Crippen molar-refractivity contribution in [2.75, 3.05) is 72.4 Å². The van der Waals surface area contributed by atoms with Crippen molar-refractivity contribution in [3.8, 4) is 0 Å². The monoisotopic (exact) mass is 386 g/mol. The van der Waals surface area contributed by atoms with Crippen molar-refractivity contribution in [2.24, 2.45) is 0 Å². The Morgan fingerprint density at radius 2 is 2.00 bits per heavy atom. The summed E-state index contributed by atoms with van der Waals surface area (Å²) in [5.41, 5.74) is 0. The van der Waals surface area contributed by atoms with Gasteiger partial charge in [0.05, 0.1) is 25.9 Å². The number of nitrogens with one attached hydrogen (secondary N) is 1. The van der Waals surface area contributed by atoms with E-state index in [9.17, 15) is 0 Å². The van der Waals surface area contributed by atoms with E-state index in [1.807, 2.05) is 0 Å². The third-order valence-electron chi connectivity index (χ3n) is 4.60. The Bertz CT molecular complexity index is 507. The van der Waals surface area contributed by atoms with Crippen LogP contribution in [-0.2, 0) is 11.3 Å². The van der Waals surface area contributed by atoms with Crippen LogP contribution < -0.4 is 5.32 Å². The zero-order valence-corrected chi connectivity index (χ0v) is 17.2. The number of aliphatic hydroxyl groups excluding tert-OH is 1. The normalized spacial score (nSPS) is 17.1. The maximum Gasteiger partial charge on any atom is 0.191 e. The van der Waals surface area contributed by atoms with Gasteiger partial charge in [0.1, 0.15) is 0 Å². The largest absolute Gasteiger partial charge is 0.395 e. The number of ether oxygens (including phenoxy) is 1. The van der Waals surface area contributed by atoms with Gasteiger partial charge in [-0.25, -0.2) is 0 Å².